The molecule has 90 valence electrons. The molecule has 0 atom stereocenters. The molecule has 0 aliphatic heterocycles. The molecule has 0 spiro atoms. The van der Waals surface area contributed by atoms with Gasteiger partial charge in [0.15, 0.2) is 0 Å². The van der Waals surface area contributed by atoms with E-state index < -0.39 is 11.9 Å². The molecular formula is C11H22O4. The standard InChI is InChI=1S/C5H10.2C3H6O2/c1-4-5(2)3;2*1-2-3(4)5/h4H,1-3H3;2*2H2,1H3,(H,4,5). The van der Waals surface area contributed by atoms with Gasteiger partial charge in [0, 0.05) is 12.8 Å². The molecule has 0 saturated carbocycles. The minimum absolute atomic E-state index is 0.222. The van der Waals surface area contributed by atoms with Gasteiger partial charge in [-0.05, 0) is 20.8 Å². The lowest BCUT2D eigenvalue weighted by Gasteiger charge is -1.74. The van der Waals surface area contributed by atoms with Crippen LogP contribution in [0, 0.1) is 0 Å². The number of hydrogen-bond donors (Lipinski definition) is 2. The normalized spacial score (nSPS) is 7.27. The maximum atomic E-state index is 9.37. The topological polar surface area (TPSA) is 74.6 Å². The van der Waals surface area contributed by atoms with E-state index >= 15 is 0 Å². The summed E-state index contributed by atoms with van der Waals surface area (Å²) in [5, 5.41) is 15.4. The second-order valence-electron chi connectivity index (χ2n) is 2.86. The highest BCUT2D eigenvalue weighted by atomic mass is 16.4. The average molecular weight is 218 g/mol. The molecule has 0 amide bonds. The van der Waals surface area contributed by atoms with E-state index in [1.807, 2.05) is 6.92 Å². The van der Waals surface area contributed by atoms with Crippen molar-refractivity contribution in [2.75, 3.05) is 0 Å². The van der Waals surface area contributed by atoms with Crippen LogP contribution < -0.4 is 0 Å². The minimum atomic E-state index is -0.745. The van der Waals surface area contributed by atoms with Gasteiger partial charge in [0.1, 0.15) is 0 Å². The lowest BCUT2D eigenvalue weighted by atomic mass is 10.3. The molecule has 15 heavy (non-hydrogen) atoms. The summed E-state index contributed by atoms with van der Waals surface area (Å²) < 4.78 is 0. The van der Waals surface area contributed by atoms with E-state index in [2.05, 4.69) is 19.9 Å². The molecule has 2 N–H and O–H groups in total. The van der Waals surface area contributed by atoms with Crippen LogP contribution in [0.2, 0.25) is 0 Å². The summed E-state index contributed by atoms with van der Waals surface area (Å²) in [6.07, 6.45) is 2.53. The molecule has 0 aliphatic carbocycles. The molecule has 0 aromatic heterocycles. The van der Waals surface area contributed by atoms with Crippen LogP contribution in [0.5, 0.6) is 0 Å². The second kappa shape index (κ2) is 15.2. The summed E-state index contributed by atoms with van der Waals surface area (Å²) in [6.45, 7) is 9.40. The highest BCUT2D eigenvalue weighted by molar-refractivity contribution is 5.66. The van der Waals surface area contributed by atoms with Crippen LogP contribution in [0.1, 0.15) is 47.5 Å². The van der Waals surface area contributed by atoms with Gasteiger partial charge < -0.3 is 10.2 Å². The van der Waals surface area contributed by atoms with Crippen molar-refractivity contribution in [3.8, 4) is 0 Å². The largest absolute Gasteiger partial charge is 0.481 e. The predicted octanol–water partition coefficient (Wildman–Crippen LogP) is 2.93. The molecule has 0 radical (unpaired) electrons. The van der Waals surface area contributed by atoms with Crippen molar-refractivity contribution in [1.82, 2.24) is 0 Å². The van der Waals surface area contributed by atoms with E-state index in [1.54, 1.807) is 13.8 Å². The average Bonchev–Trinajstić information content (AvgIpc) is 2.19. The molecular weight excluding hydrogens is 196 g/mol. The van der Waals surface area contributed by atoms with Crippen LogP contribution in [0.25, 0.3) is 0 Å². The Balaban J connectivity index is -0.000000144. The van der Waals surface area contributed by atoms with Crippen LogP contribution in [-0.2, 0) is 9.59 Å². The van der Waals surface area contributed by atoms with Gasteiger partial charge in [0.2, 0.25) is 0 Å². The van der Waals surface area contributed by atoms with Crippen molar-refractivity contribution < 1.29 is 19.8 Å². The molecule has 4 heteroatoms. The van der Waals surface area contributed by atoms with Gasteiger partial charge in [-0.15, -0.1) is 0 Å². The molecule has 4 nitrogen and oxygen atoms in total. The van der Waals surface area contributed by atoms with Crippen molar-refractivity contribution >= 4 is 11.9 Å². The number of carbonyl (C=O) groups is 2. The fourth-order valence-corrected chi connectivity index (χ4v) is 0. The summed E-state index contributed by atoms with van der Waals surface area (Å²) in [7, 11) is 0. The van der Waals surface area contributed by atoms with Gasteiger partial charge in [-0.2, -0.15) is 0 Å². The zero-order chi connectivity index (χ0) is 12.9. The van der Waals surface area contributed by atoms with Gasteiger partial charge in [0.05, 0.1) is 0 Å². The highest BCUT2D eigenvalue weighted by Gasteiger charge is 1.81. The van der Waals surface area contributed by atoms with Gasteiger partial charge >= 0.3 is 11.9 Å². The Hall–Kier alpha value is -1.32. The molecule has 0 unspecified atom stereocenters. The van der Waals surface area contributed by atoms with Crippen LogP contribution in [0.4, 0.5) is 0 Å². The highest BCUT2D eigenvalue weighted by Crippen LogP contribution is 1.82. The third-order valence-electron chi connectivity index (χ3n) is 1.18. The number of carboxylic acids is 2. The molecule has 0 bridgehead atoms. The fraction of sp³-hybridized carbons (Fsp3) is 0.636. The number of rotatable bonds is 2. The Morgan fingerprint density at radius 1 is 1.00 bits per heavy atom. The van der Waals surface area contributed by atoms with Crippen molar-refractivity contribution in [2.24, 2.45) is 0 Å². The Morgan fingerprint density at radius 3 is 1.13 bits per heavy atom. The summed E-state index contributed by atoms with van der Waals surface area (Å²) in [5.41, 5.74) is 1.38. The van der Waals surface area contributed by atoms with E-state index in [1.165, 1.54) is 5.57 Å². The number of aliphatic carboxylic acids is 2. The van der Waals surface area contributed by atoms with Crippen LogP contribution in [0.3, 0.4) is 0 Å². The maximum absolute atomic E-state index is 9.37. The maximum Gasteiger partial charge on any atom is 0.303 e. The lowest BCUT2D eigenvalue weighted by Crippen LogP contribution is -1.86. The number of allylic oxidation sites excluding steroid dienone is 2. The first-order valence-electron chi connectivity index (χ1n) is 4.84. The van der Waals surface area contributed by atoms with E-state index in [-0.39, 0.29) is 12.8 Å². The third kappa shape index (κ3) is 66.0. The quantitative estimate of drug-likeness (QED) is 0.699. The van der Waals surface area contributed by atoms with Crippen molar-refractivity contribution in [3.63, 3.8) is 0 Å². The number of carboxylic acid groups (broad SMARTS) is 2. The molecule has 0 saturated heterocycles. The summed E-state index contributed by atoms with van der Waals surface area (Å²) in [6, 6.07) is 0. The third-order valence-corrected chi connectivity index (χ3v) is 1.18. The predicted molar refractivity (Wildman–Crippen MR) is 61.0 cm³/mol. The molecule has 0 aromatic rings. The smallest absolute Gasteiger partial charge is 0.303 e. The molecule has 0 aliphatic rings. The summed E-state index contributed by atoms with van der Waals surface area (Å²) in [5.74, 6) is -1.49. The van der Waals surface area contributed by atoms with Crippen molar-refractivity contribution in [3.05, 3.63) is 11.6 Å². The Morgan fingerprint density at radius 2 is 1.13 bits per heavy atom. The second-order valence-corrected chi connectivity index (χ2v) is 2.86. The first-order valence-corrected chi connectivity index (χ1v) is 4.84. The zero-order valence-corrected chi connectivity index (χ0v) is 10.2. The zero-order valence-electron chi connectivity index (χ0n) is 10.2. The molecule has 0 heterocycles. The van der Waals surface area contributed by atoms with E-state index in [9.17, 15) is 9.59 Å². The fourth-order valence-electron chi connectivity index (χ4n) is 0. The Kier molecular flexibility index (Phi) is 19.5. The summed E-state index contributed by atoms with van der Waals surface area (Å²) in [4.78, 5) is 18.7. The van der Waals surface area contributed by atoms with Crippen molar-refractivity contribution in [1.29, 1.82) is 0 Å². The number of hydrogen-bond acceptors (Lipinski definition) is 2. The van der Waals surface area contributed by atoms with Gasteiger partial charge in [-0.25, -0.2) is 0 Å². The van der Waals surface area contributed by atoms with Crippen LogP contribution in [0.15, 0.2) is 11.6 Å². The van der Waals surface area contributed by atoms with Gasteiger partial charge in [-0.1, -0.05) is 25.5 Å². The first kappa shape index (κ1) is 19.3. The molecule has 0 aromatic carbocycles. The SMILES string of the molecule is CC=C(C)C.CCC(=O)O.CCC(=O)O. The first-order chi connectivity index (χ1) is 6.81. The molecule has 0 rings (SSSR count). The lowest BCUT2D eigenvalue weighted by molar-refractivity contribution is -0.137. The Labute approximate surface area is 91.6 Å². The monoisotopic (exact) mass is 218 g/mol. The van der Waals surface area contributed by atoms with E-state index in [0.29, 0.717) is 0 Å². The summed E-state index contributed by atoms with van der Waals surface area (Å²) >= 11 is 0. The van der Waals surface area contributed by atoms with Crippen LogP contribution in [-0.4, -0.2) is 22.2 Å². The Bertz CT molecular complexity index is 177. The molecule has 0 fully saturated rings. The van der Waals surface area contributed by atoms with Crippen molar-refractivity contribution in [2.45, 2.75) is 47.5 Å². The van der Waals surface area contributed by atoms with E-state index in [4.69, 9.17) is 10.2 Å². The minimum Gasteiger partial charge on any atom is -0.481 e. The van der Waals surface area contributed by atoms with Crippen LogP contribution >= 0.6 is 0 Å². The van der Waals surface area contributed by atoms with E-state index in [0.717, 1.165) is 0 Å². The van der Waals surface area contributed by atoms with Gasteiger partial charge in [0.25, 0.3) is 0 Å². The van der Waals surface area contributed by atoms with Gasteiger partial charge in [-0.3, -0.25) is 9.59 Å².